The van der Waals surface area contributed by atoms with Gasteiger partial charge in [-0.05, 0) is 61.9 Å². The molecule has 0 radical (unpaired) electrons. The highest BCUT2D eigenvalue weighted by atomic mass is 16.6. The van der Waals surface area contributed by atoms with E-state index in [1.54, 1.807) is 4.90 Å². The van der Waals surface area contributed by atoms with Gasteiger partial charge in [-0.3, -0.25) is 0 Å². The standard InChI is InChI=1S/C18H22N2O2/c1-18(2,3)22-17(21)20-10-7-13(8-11-20)14-4-5-16-15(12-14)6-9-19-16/h4-7,9,12,19H,8,10-11H2,1-3H3. The van der Waals surface area contributed by atoms with Crippen LogP contribution in [0, 0.1) is 0 Å². The number of hydrogen-bond acceptors (Lipinski definition) is 2. The van der Waals surface area contributed by atoms with Gasteiger partial charge in [0.15, 0.2) is 0 Å². The molecular weight excluding hydrogens is 276 g/mol. The van der Waals surface area contributed by atoms with Crippen molar-refractivity contribution in [2.45, 2.75) is 32.8 Å². The first kappa shape index (κ1) is 14.7. The second kappa shape index (κ2) is 5.52. The Morgan fingerprint density at radius 3 is 2.77 bits per heavy atom. The van der Waals surface area contributed by atoms with E-state index in [1.807, 2.05) is 27.0 Å². The van der Waals surface area contributed by atoms with Crippen molar-refractivity contribution in [1.82, 2.24) is 9.88 Å². The summed E-state index contributed by atoms with van der Waals surface area (Å²) in [4.78, 5) is 17.0. The topological polar surface area (TPSA) is 45.3 Å². The number of H-pyrrole nitrogens is 1. The molecule has 1 aromatic heterocycles. The minimum absolute atomic E-state index is 0.233. The number of benzene rings is 1. The SMILES string of the molecule is CC(C)(C)OC(=O)N1CC=C(c2ccc3[nH]ccc3c2)CC1. The van der Waals surface area contributed by atoms with Crippen LogP contribution in [0.3, 0.4) is 0 Å². The molecule has 1 aliphatic heterocycles. The van der Waals surface area contributed by atoms with Crippen molar-refractivity contribution in [3.05, 3.63) is 42.1 Å². The highest BCUT2D eigenvalue weighted by Crippen LogP contribution is 2.26. The summed E-state index contributed by atoms with van der Waals surface area (Å²) in [6.07, 6.45) is 4.70. The van der Waals surface area contributed by atoms with Gasteiger partial charge < -0.3 is 14.6 Å². The number of fused-ring (bicyclic) bond motifs is 1. The third-order valence-corrected chi connectivity index (χ3v) is 3.78. The number of rotatable bonds is 1. The Bertz CT molecular complexity index is 722. The van der Waals surface area contributed by atoms with Crippen LogP contribution in [0.4, 0.5) is 4.79 Å². The summed E-state index contributed by atoms with van der Waals surface area (Å²) in [5.41, 5.74) is 3.23. The number of carbonyl (C=O) groups is 1. The summed E-state index contributed by atoms with van der Waals surface area (Å²) in [5, 5.41) is 1.22. The molecule has 4 heteroatoms. The number of ether oxygens (including phenoxy) is 1. The first-order valence-corrected chi connectivity index (χ1v) is 7.67. The van der Waals surface area contributed by atoms with Crippen molar-refractivity contribution in [2.75, 3.05) is 13.1 Å². The van der Waals surface area contributed by atoms with E-state index >= 15 is 0 Å². The average Bonchev–Trinajstić information content (AvgIpc) is 2.93. The lowest BCUT2D eigenvalue weighted by Gasteiger charge is -2.29. The zero-order valence-corrected chi connectivity index (χ0v) is 13.3. The van der Waals surface area contributed by atoms with Gasteiger partial charge >= 0.3 is 6.09 Å². The molecule has 0 spiro atoms. The monoisotopic (exact) mass is 298 g/mol. The first-order chi connectivity index (χ1) is 10.4. The molecular formula is C18H22N2O2. The van der Waals surface area contributed by atoms with E-state index in [4.69, 9.17) is 4.74 Å². The molecule has 0 unspecified atom stereocenters. The van der Waals surface area contributed by atoms with E-state index in [0.717, 1.165) is 11.9 Å². The van der Waals surface area contributed by atoms with Crippen LogP contribution in [0.25, 0.3) is 16.5 Å². The number of aromatic amines is 1. The molecule has 0 bridgehead atoms. The summed E-state index contributed by atoms with van der Waals surface area (Å²) in [6, 6.07) is 8.51. The van der Waals surface area contributed by atoms with E-state index in [1.165, 1.54) is 16.5 Å². The van der Waals surface area contributed by atoms with Crippen LogP contribution in [-0.4, -0.2) is 34.7 Å². The van der Waals surface area contributed by atoms with E-state index in [-0.39, 0.29) is 6.09 Å². The number of nitrogens with zero attached hydrogens (tertiary/aromatic N) is 1. The van der Waals surface area contributed by atoms with Crippen molar-refractivity contribution >= 4 is 22.6 Å². The lowest BCUT2D eigenvalue weighted by molar-refractivity contribution is 0.0270. The molecule has 116 valence electrons. The van der Waals surface area contributed by atoms with E-state index < -0.39 is 5.60 Å². The average molecular weight is 298 g/mol. The number of aromatic nitrogens is 1. The van der Waals surface area contributed by atoms with E-state index in [2.05, 4.69) is 35.3 Å². The normalized spacial score (nSPS) is 15.8. The molecule has 0 saturated carbocycles. The Hall–Kier alpha value is -2.23. The molecule has 2 aromatic rings. The second-order valence-electron chi connectivity index (χ2n) is 6.69. The van der Waals surface area contributed by atoms with E-state index in [9.17, 15) is 4.79 Å². The predicted octanol–water partition coefficient (Wildman–Crippen LogP) is 4.19. The number of carbonyl (C=O) groups excluding carboxylic acids is 1. The third-order valence-electron chi connectivity index (χ3n) is 3.78. The fourth-order valence-electron chi connectivity index (χ4n) is 2.68. The number of amides is 1. The van der Waals surface area contributed by atoms with Crippen molar-refractivity contribution in [3.63, 3.8) is 0 Å². The van der Waals surface area contributed by atoms with Gasteiger partial charge in [0.25, 0.3) is 0 Å². The molecule has 1 aromatic carbocycles. The van der Waals surface area contributed by atoms with Crippen LogP contribution in [-0.2, 0) is 4.74 Å². The Morgan fingerprint density at radius 1 is 1.27 bits per heavy atom. The van der Waals surface area contributed by atoms with Crippen molar-refractivity contribution < 1.29 is 9.53 Å². The van der Waals surface area contributed by atoms with Crippen molar-refractivity contribution in [2.24, 2.45) is 0 Å². The molecule has 1 amide bonds. The highest BCUT2D eigenvalue weighted by molar-refractivity contribution is 5.84. The van der Waals surface area contributed by atoms with Crippen molar-refractivity contribution in [3.8, 4) is 0 Å². The fourth-order valence-corrected chi connectivity index (χ4v) is 2.68. The quantitative estimate of drug-likeness (QED) is 0.858. The van der Waals surface area contributed by atoms with Crippen LogP contribution in [0.5, 0.6) is 0 Å². The fraction of sp³-hybridized carbons (Fsp3) is 0.389. The highest BCUT2D eigenvalue weighted by Gasteiger charge is 2.23. The van der Waals surface area contributed by atoms with Gasteiger partial charge in [0.05, 0.1) is 0 Å². The molecule has 1 aliphatic rings. The van der Waals surface area contributed by atoms with Gasteiger partial charge in [0.1, 0.15) is 5.60 Å². The molecule has 0 saturated heterocycles. The third kappa shape index (κ3) is 3.16. The first-order valence-electron chi connectivity index (χ1n) is 7.67. The van der Waals surface area contributed by atoms with Gasteiger partial charge in [-0.1, -0.05) is 12.1 Å². The zero-order valence-electron chi connectivity index (χ0n) is 13.3. The molecule has 4 nitrogen and oxygen atoms in total. The lowest BCUT2D eigenvalue weighted by atomic mass is 9.98. The predicted molar refractivity (Wildman–Crippen MR) is 88.7 cm³/mol. The molecule has 0 fully saturated rings. The Kier molecular flexibility index (Phi) is 3.69. The van der Waals surface area contributed by atoms with Crippen LogP contribution in [0.2, 0.25) is 0 Å². The minimum atomic E-state index is -0.444. The maximum Gasteiger partial charge on any atom is 0.410 e. The Balaban J connectivity index is 1.72. The summed E-state index contributed by atoms with van der Waals surface area (Å²) in [6.45, 7) is 6.98. The largest absolute Gasteiger partial charge is 0.444 e. The molecule has 2 heterocycles. The van der Waals surface area contributed by atoms with Gasteiger partial charge in [-0.15, -0.1) is 0 Å². The van der Waals surface area contributed by atoms with Crippen LogP contribution < -0.4 is 0 Å². The van der Waals surface area contributed by atoms with Crippen LogP contribution in [0.15, 0.2) is 36.5 Å². The molecule has 3 rings (SSSR count). The second-order valence-corrected chi connectivity index (χ2v) is 6.69. The minimum Gasteiger partial charge on any atom is -0.444 e. The lowest BCUT2D eigenvalue weighted by Crippen LogP contribution is -2.39. The van der Waals surface area contributed by atoms with Crippen molar-refractivity contribution in [1.29, 1.82) is 0 Å². The van der Waals surface area contributed by atoms with Gasteiger partial charge in [0.2, 0.25) is 0 Å². The maximum atomic E-state index is 12.1. The van der Waals surface area contributed by atoms with Crippen LogP contribution >= 0.6 is 0 Å². The van der Waals surface area contributed by atoms with E-state index in [0.29, 0.717) is 13.1 Å². The Morgan fingerprint density at radius 2 is 2.09 bits per heavy atom. The smallest absolute Gasteiger partial charge is 0.410 e. The van der Waals surface area contributed by atoms with Gasteiger partial charge in [-0.2, -0.15) is 0 Å². The molecule has 0 atom stereocenters. The zero-order chi connectivity index (χ0) is 15.7. The molecule has 22 heavy (non-hydrogen) atoms. The maximum absolute atomic E-state index is 12.1. The summed E-state index contributed by atoms with van der Waals surface area (Å²) in [5.74, 6) is 0. The van der Waals surface area contributed by atoms with Gasteiger partial charge in [0, 0.05) is 24.8 Å². The number of hydrogen-bond donors (Lipinski definition) is 1. The Labute approximate surface area is 130 Å². The summed E-state index contributed by atoms with van der Waals surface area (Å²) in [7, 11) is 0. The summed E-state index contributed by atoms with van der Waals surface area (Å²) < 4.78 is 5.42. The molecule has 1 N–H and O–H groups in total. The van der Waals surface area contributed by atoms with Crippen LogP contribution in [0.1, 0.15) is 32.8 Å². The molecule has 0 aliphatic carbocycles. The van der Waals surface area contributed by atoms with Gasteiger partial charge in [-0.25, -0.2) is 4.79 Å². The summed E-state index contributed by atoms with van der Waals surface area (Å²) >= 11 is 0. The number of nitrogens with one attached hydrogen (secondary N) is 1.